The van der Waals surface area contributed by atoms with Crippen LogP contribution in [0.25, 0.3) is 0 Å². The van der Waals surface area contributed by atoms with Crippen LogP contribution < -0.4 is 5.32 Å². The lowest BCUT2D eigenvalue weighted by molar-refractivity contribution is -0.154. The van der Waals surface area contributed by atoms with Gasteiger partial charge in [0.25, 0.3) is 0 Å². The summed E-state index contributed by atoms with van der Waals surface area (Å²) in [6.45, 7) is 3.14. The number of aromatic nitrogens is 1. The zero-order valence-corrected chi connectivity index (χ0v) is 19.4. The molecule has 6 heteroatoms. The van der Waals surface area contributed by atoms with Gasteiger partial charge < -0.3 is 14.8 Å². The molecule has 0 saturated carbocycles. The van der Waals surface area contributed by atoms with E-state index in [4.69, 9.17) is 9.47 Å². The first-order valence-electron chi connectivity index (χ1n) is 11.4. The number of ether oxygens (including phenoxy) is 2. The number of hydrogen-bond acceptors (Lipinski definition) is 4. The van der Waals surface area contributed by atoms with E-state index in [1.807, 2.05) is 6.07 Å². The molecule has 1 aromatic heterocycles. The number of rotatable bonds is 5. The van der Waals surface area contributed by atoms with Crippen LogP contribution in [0.15, 0.2) is 41.0 Å². The first kappa shape index (κ1) is 21.5. The highest BCUT2D eigenvalue weighted by Gasteiger charge is 2.48. The van der Waals surface area contributed by atoms with Gasteiger partial charge in [0.05, 0.1) is 11.8 Å². The maximum absolute atomic E-state index is 13.6. The van der Waals surface area contributed by atoms with E-state index in [-0.39, 0.29) is 16.8 Å². The molecule has 0 amide bonds. The van der Waals surface area contributed by atoms with Gasteiger partial charge in [0.1, 0.15) is 5.82 Å². The number of nitrogens with one attached hydrogen (secondary N) is 1. The lowest BCUT2D eigenvalue weighted by atomic mass is 9.66. The van der Waals surface area contributed by atoms with Crippen molar-refractivity contribution in [1.29, 1.82) is 0 Å². The maximum atomic E-state index is 13.6. The molecule has 2 aliphatic heterocycles. The van der Waals surface area contributed by atoms with E-state index in [9.17, 15) is 4.39 Å². The average molecular weight is 489 g/mol. The third-order valence-electron chi connectivity index (χ3n) is 7.49. The van der Waals surface area contributed by atoms with Crippen molar-refractivity contribution < 1.29 is 13.9 Å². The second-order valence-corrected chi connectivity index (χ2v) is 10.3. The van der Waals surface area contributed by atoms with E-state index in [0.717, 1.165) is 77.0 Å². The smallest absolute Gasteiger partial charge is 0.141 e. The van der Waals surface area contributed by atoms with Gasteiger partial charge >= 0.3 is 0 Å². The molecule has 0 radical (unpaired) electrons. The number of benzene rings is 1. The lowest BCUT2D eigenvalue weighted by Crippen LogP contribution is -2.51. The summed E-state index contributed by atoms with van der Waals surface area (Å²) < 4.78 is 26.8. The number of hydrogen-bond donors (Lipinski definition) is 1. The van der Waals surface area contributed by atoms with Crippen LogP contribution in [0.4, 0.5) is 4.39 Å². The van der Waals surface area contributed by atoms with Crippen LogP contribution >= 0.6 is 15.9 Å². The summed E-state index contributed by atoms with van der Waals surface area (Å²) in [5, 5.41) is 3.81. The second-order valence-electron chi connectivity index (χ2n) is 9.40. The number of nitrogens with zero attached hydrogens (tertiary/aromatic N) is 1. The molecule has 2 fully saturated rings. The summed E-state index contributed by atoms with van der Waals surface area (Å²) in [5.41, 5.74) is 3.64. The van der Waals surface area contributed by atoms with Crippen molar-refractivity contribution >= 4 is 15.9 Å². The molecule has 31 heavy (non-hydrogen) atoms. The largest absolute Gasteiger partial charge is 0.381 e. The first-order chi connectivity index (χ1) is 15.1. The number of halogens is 2. The van der Waals surface area contributed by atoms with Crippen molar-refractivity contribution in [2.24, 2.45) is 0 Å². The van der Waals surface area contributed by atoms with E-state index in [2.05, 4.69) is 44.4 Å². The van der Waals surface area contributed by atoms with Gasteiger partial charge in [0.15, 0.2) is 0 Å². The van der Waals surface area contributed by atoms with Crippen molar-refractivity contribution in [2.45, 2.75) is 62.0 Å². The lowest BCUT2D eigenvalue weighted by Gasteiger charge is -2.49. The molecule has 0 bridgehead atoms. The molecule has 2 aromatic rings. The van der Waals surface area contributed by atoms with Crippen LogP contribution in [0, 0.1) is 5.82 Å². The molecular weight excluding hydrogens is 459 g/mol. The maximum Gasteiger partial charge on any atom is 0.141 e. The standard InChI is InChI=1S/C25H30BrFN2O2/c26-22-3-1-2-18-14-20(15-21(18)22)28-10-6-24(23-5-4-19(27)16-29-23)7-13-31-25(17-24)8-11-30-12-9-25/h1-5,16,20,28H,6-15,17H2. The second kappa shape index (κ2) is 8.89. The molecule has 3 heterocycles. The van der Waals surface area contributed by atoms with Crippen LogP contribution in [-0.2, 0) is 27.7 Å². The van der Waals surface area contributed by atoms with E-state index in [0.29, 0.717) is 6.04 Å². The van der Waals surface area contributed by atoms with Gasteiger partial charge in [-0.25, -0.2) is 4.39 Å². The van der Waals surface area contributed by atoms with Crippen LogP contribution in [0.5, 0.6) is 0 Å². The van der Waals surface area contributed by atoms with Gasteiger partial charge in [-0.05, 0) is 80.8 Å². The van der Waals surface area contributed by atoms with Crippen molar-refractivity contribution in [3.63, 3.8) is 0 Å². The SMILES string of the molecule is Fc1ccc(C2(CCNC3Cc4cccc(Br)c4C3)CCOC3(CCOCC3)C2)nc1. The van der Waals surface area contributed by atoms with E-state index in [1.165, 1.54) is 21.8 Å². The van der Waals surface area contributed by atoms with E-state index >= 15 is 0 Å². The molecule has 2 saturated heterocycles. The zero-order valence-electron chi connectivity index (χ0n) is 17.8. The molecule has 2 unspecified atom stereocenters. The molecule has 2 atom stereocenters. The summed E-state index contributed by atoms with van der Waals surface area (Å²) in [7, 11) is 0. The monoisotopic (exact) mass is 488 g/mol. The van der Waals surface area contributed by atoms with Crippen molar-refractivity contribution in [3.05, 3.63) is 63.6 Å². The van der Waals surface area contributed by atoms with Gasteiger partial charge in [0.2, 0.25) is 0 Å². The Morgan fingerprint density at radius 2 is 1.97 bits per heavy atom. The quantitative estimate of drug-likeness (QED) is 0.660. The van der Waals surface area contributed by atoms with Crippen LogP contribution in [-0.4, -0.2) is 43.0 Å². The highest BCUT2D eigenvalue weighted by molar-refractivity contribution is 9.10. The Morgan fingerprint density at radius 1 is 1.10 bits per heavy atom. The molecule has 5 rings (SSSR count). The van der Waals surface area contributed by atoms with E-state index in [1.54, 1.807) is 6.07 Å². The minimum absolute atomic E-state index is 0.0949. The van der Waals surface area contributed by atoms with E-state index < -0.39 is 0 Å². The van der Waals surface area contributed by atoms with Gasteiger partial charge in [-0.15, -0.1) is 0 Å². The third-order valence-corrected chi connectivity index (χ3v) is 8.24. The predicted octanol–water partition coefficient (Wildman–Crippen LogP) is 4.73. The molecular formula is C25H30BrFN2O2. The average Bonchev–Trinajstić information content (AvgIpc) is 3.19. The molecule has 1 aliphatic carbocycles. The molecule has 4 nitrogen and oxygen atoms in total. The minimum Gasteiger partial charge on any atom is -0.381 e. The zero-order chi connectivity index (χ0) is 21.3. The first-order valence-corrected chi connectivity index (χ1v) is 12.2. The fourth-order valence-electron chi connectivity index (χ4n) is 5.80. The molecule has 3 aliphatic rings. The topological polar surface area (TPSA) is 43.4 Å². The highest BCUT2D eigenvalue weighted by Crippen LogP contribution is 2.47. The van der Waals surface area contributed by atoms with Gasteiger partial charge in [-0.1, -0.05) is 28.1 Å². The highest BCUT2D eigenvalue weighted by atomic mass is 79.9. The summed E-state index contributed by atoms with van der Waals surface area (Å²) in [4.78, 5) is 4.55. The normalized spacial score (nSPS) is 27.4. The third kappa shape index (κ3) is 4.45. The molecule has 1 N–H and O–H groups in total. The predicted molar refractivity (Wildman–Crippen MR) is 122 cm³/mol. The summed E-state index contributed by atoms with van der Waals surface area (Å²) >= 11 is 3.70. The Hall–Kier alpha value is -1.34. The Labute approximate surface area is 192 Å². The Balaban J connectivity index is 1.31. The van der Waals surface area contributed by atoms with Crippen molar-refractivity contribution in [1.82, 2.24) is 10.3 Å². The van der Waals surface area contributed by atoms with Crippen LogP contribution in [0.2, 0.25) is 0 Å². The van der Waals surface area contributed by atoms with Gasteiger partial charge in [-0.2, -0.15) is 0 Å². The van der Waals surface area contributed by atoms with Gasteiger partial charge in [0, 0.05) is 41.4 Å². The molecule has 166 valence electrons. The summed E-state index contributed by atoms with van der Waals surface area (Å²) in [6.07, 6.45) is 8.18. The minimum atomic E-state index is -0.279. The number of fused-ring (bicyclic) bond motifs is 1. The van der Waals surface area contributed by atoms with Crippen LogP contribution in [0.3, 0.4) is 0 Å². The molecule has 1 spiro atoms. The van der Waals surface area contributed by atoms with Gasteiger partial charge in [-0.3, -0.25) is 4.98 Å². The summed E-state index contributed by atoms with van der Waals surface area (Å²) in [5.74, 6) is -0.279. The Kier molecular flexibility index (Phi) is 6.17. The fourth-order valence-corrected chi connectivity index (χ4v) is 6.37. The van der Waals surface area contributed by atoms with Crippen LogP contribution in [0.1, 0.15) is 48.9 Å². The van der Waals surface area contributed by atoms with Crippen molar-refractivity contribution in [3.8, 4) is 0 Å². The molecule has 1 aromatic carbocycles. The summed E-state index contributed by atoms with van der Waals surface area (Å²) in [6, 6.07) is 10.4. The fraction of sp³-hybridized carbons (Fsp3) is 0.560. The Bertz CT molecular complexity index is 911. The number of pyridine rings is 1. The Morgan fingerprint density at radius 3 is 2.74 bits per heavy atom. The van der Waals surface area contributed by atoms with Crippen molar-refractivity contribution in [2.75, 3.05) is 26.4 Å².